The van der Waals surface area contributed by atoms with Gasteiger partial charge in [0.05, 0.1) is 0 Å². The van der Waals surface area contributed by atoms with Crippen LogP contribution in [-0.2, 0) is 4.74 Å². The van der Waals surface area contributed by atoms with E-state index in [0.717, 1.165) is 17.2 Å². The smallest absolute Gasteiger partial charge is 0.342 e. The molecular weight excluding hydrogens is 281 g/mol. The SMILES string of the molecule is OC1(OC(F)=C(F)F)C=CC(C=Cc2ccccc2)=CC1. The van der Waals surface area contributed by atoms with Crippen molar-refractivity contribution in [2.45, 2.75) is 12.2 Å². The highest BCUT2D eigenvalue weighted by Crippen LogP contribution is 2.27. The first-order valence-electron chi connectivity index (χ1n) is 6.23. The summed E-state index contributed by atoms with van der Waals surface area (Å²) < 4.78 is 40.8. The monoisotopic (exact) mass is 294 g/mol. The van der Waals surface area contributed by atoms with E-state index in [1.807, 2.05) is 36.4 Å². The third kappa shape index (κ3) is 4.36. The molecular formula is C16H13F3O2. The standard InChI is InChI=1S/C16H13F3O2/c17-14(18)15(19)21-16(20)10-8-13(9-11-16)7-6-12-4-2-1-3-5-12/h1-10,20H,11H2. The highest BCUT2D eigenvalue weighted by Gasteiger charge is 2.29. The van der Waals surface area contributed by atoms with E-state index in [1.54, 1.807) is 12.2 Å². The number of aliphatic hydroxyl groups is 1. The molecule has 1 unspecified atom stereocenters. The van der Waals surface area contributed by atoms with E-state index in [4.69, 9.17) is 0 Å². The van der Waals surface area contributed by atoms with E-state index in [-0.39, 0.29) is 6.42 Å². The van der Waals surface area contributed by atoms with E-state index in [2.05, 4.69) is 4.74 Å². The normalized spacial score (nSPS) is 21.2. The molecule has 1 aromatic carbocycles. The Kier molecular flexibility index (Phi) is 4.65. The van der Waals surface area contributed by atoms with Gasteiger partial charge in [-0.05, 0) is 17.2 Å². The number of ether oxygens (including phenoxy) is 1. The van der Waals surface area contributed by atoms with E-state index in [9.17, 15) is 18.3 Å². The number of rotatable bonds is 4. The van der Waals surface area contributed by atoms with Gasteiger partial charge in [-0.25, -0.2) is 0 Å². The average Bonchev–Trinajstić information content (AvgIpc) is 2.47. The Labute approximate surface area is 120 Å². The minimum absolute atomic E-state index is 0.126. The molecule has 5 heteroatoms. The van der Waals surface area contributed by atoms with Gasteiger partial charge >= 0.3 is 12.1 Å². The summed E-state index contributed by atoms with van der Waals surface area (Å²) in [5.74, 6) is -2.09. The van der Waals surface area contributed by atoms with Crippen molar-refractivity contribution in [1.82, 2.24) is 0 Å². The number of hydrogen-bond donors (Lipinski definition) is 1. The number of allylic oxidation sites excluding steroid dienone is 3. The molecule has 0 saturated heterocycles. The Bertz CT molecular complexity index is 614. The lowest BCUT2D eigenvalue weighted by Gasteiger charge is -2.25. The number of halogens is 3. The second kappa shape index (κ2) is 6.45. The lowest BCUT2D eigenvalue weighted by Crippen LogP contribution is -2.29. The molecule has 21 heavy (non-hydrogen) atoms. The summed E-state index contributed by atoms with van der Waals surface area (Å²) in [5.41, 5.74) is 1.76. The van der Waals surface area contributed by atoms with Crippen LogP contribution in [0.4, 0.5) is 13.2 Å². The summed E-state index contributed by atoms with van der Waals surface area (Å²) in [6.45, 7) is 0. The molecule has 110 valence electrons. The molecule has 2 nitrogen and oxygen atoms in total. The van der Waals surface area contributed by atoms with Crippen LogP contribution in [0.5, 0.6) is 0 Å². The fraction of sp³-hybridized carbons (Fsp3) is 0.125. The van der Waals surface area contributed by atoms with Crippen LogP contribution in [0.2, 0.25) is 0 Å². The Balaban J connectivity index is 2.01. The number of hydrogen-bond acceptors (Lipinski definition) is 2. The van der Waals surface area contributed by atoms with E-state index in [0.29, 0.717) is 0 Å². The van der Waals surface area contributed by atoms with Crippen LogP contribution in [0, 0.1) is 0 Å². The molecule has 1 N–H and O–H groups in total. The van der Waals surface area contributed by atoms with Crippen LogP contribution in [0.15, 0.2) is 72.3 Å². The highest BCUT2D eigenvalue weighted by molar-refractivity contribution is 5.55. The van der Waals surface area contributed by atoms with Gasteiger partial charge in [0.15, 0.2) is 0 Å². The first-order chi connectivity index (χ1) is 9.98. The second-order valence-corrected chi connectivity index (χ2v) is 4.47. The van der Waals surface area contributed by atoms with Crippen molar-refractivity contribution in [2.75, 3.05) is 0 Å². The van der Waals surface area contributed by atoms with Gasteiger partial charge in [-0.1, -0.05) is 54.6 Å². The van der Waals surface area contributed by atoms with Gasteiger partial charge in [0, 0.05) is 6.42 Å². The molecule has 0 aliphatic heterocycles. The average molecular weight is 294 g/mol. The van der Waals surface area contributed by atoms with Crippen LogP contribution >= 0.6 is 0 Å². The maximum Gasteiger partial charge on any atom is 0.342 e. The molecule has 0 bridgehead atoms. The Morgan fingerprint density at radius 2 is 1.86 bits per heavy atom. The van der Waals surface area contributed by atoms with Gasteiger partial charge in [-0.2, -0.15) is 13.2 Å². The van der Waals surface area contributed by atoms with Crippen LogP contribution < -0.4 is 0 Å². The van der Waals surface area contributed by atoms with Crippen molar-refractivity contribution in [1.29, 1.82) is 0 Å². The van der Waals surface area contributed by atoms with Crippen molar-refractivity contribution in [3.8, 4) is 0 Å². The summed E-state index contributed by atoms with van der Waals surface area (Å²) in [5, 5.41) is 9.81. The fourth-order valence-corrected chi connectivity index (χ4v) is 1.78. The molecule has 1 aromatic rings. The quantitative estimate of drug-likeness (QED) is 0.661. The van der Waals surface area contributed by atoms with Gasteiger partial charge in [0.1, 0.15) is 0 Å². The van der Waals surface area contributed by atoms with Gasteiger partial charge in [-0.15, -0.1) is 0 Å². The fourth-order valence-electron chi connectivity index (χ4n) is 1.78. The van der Waals surface area contributed by atoms with Crippen molar-refractivity contribution < 1.29 is 23.0 Å². The van der Waals surface area contributed by atoms with Gasteiger partial charge in [0.2, 0.25) is 5.79 Å². The molecule has 0 spiro atoms. The van der Waals surface area contributed by atoms with E-state index in [1.165, 1.54) is 6.08 Å². The van der Waals surface area contributed by atoms with Crippen LogP contribution in [0.1, 0.15) is 12.0 Å². The van der Waals surface area contributed by atoms with Crippen molar-refractivity contribution in [3.63, 3.8) is 0 Å². The predicted molar refractivity (Wildman–Crippen MR) is 73.7 cm³/mol. The largest absolute Gasteiger partial charge is 0.430 e. The van der Waals surface area contributed by atoms with E-state index < -0.39 is 17.9 Å². The summed E-state index contributed by atoms with van der Waals surface area (Å²) in [6.07, 6.45) is 5.13. The van der Waals surface area contributed by atoms with Crippen LogP contribution in [-0.4, -0.2) is 10.9 Å². The number of benzene rings is 1. The molecule has 0 heterocycles. The first-order valence-corrected chi connectivity index (χ1v) is 6.23. The summed E-state index contributed by atoms with van der Waals surface area (Å²) in [7, 11) is 0. The summed E-state index contributed by atoms with van der Waals surface area (Å²) in [4.78, 5) is 0. The maximum atomic E-state index is 12.7. The van der Waals surface area contributed by atoms with E-state index >= 15 is 0 Å². The zero-order valence-electron chi connectivity index (χ0n) is 11.0. The van der Waals surface area contributed by atoms with Gasteiger partial charge in [-0.3, -0.25) is 0 Å². The molecule has 0 fully saturated rings. The van der Waals surface area contributed by atoms with Crippen LogP contribution in [0.3, 0.4) is 0 Å². The first kappa shape index (κ1) is 15.1. The molecule has 0 aromatic heterocycles. The summed E-state index contributed by atoms with van der Waals surface area (Å²) in [6, 6.07) is 7.48. The molecule has 0 radical (unpaired) electrons. The highest BCUT2D eigenvalue weighted by atomic mass is 19.3. The third-order valence-electron chi connectivity index (χ3n) is 2.85. The molecule has 1 atom stereocenters. The lowest BCUT2D eigenvalue weighted by atomic mass is 10.0. The lowest BCUT2D eigenvalue weighted by molar-refractivity contribution is -0.155. The topological polar surface area (TPSA) is 29.5 Å². The Morgan fingerprint density at radius 3 is 2.43 bits per heavy atom. The zero-order valence-corrected chi connectivity index (χ0v) is 11.0. The molecule has 0 saturated carbocycles. The maximum absolute atomic E-state index is 12.7. The van der Waals surface area contributed by atoms with Gasteiger partial charge in [0.25, 0.3) is 0 Å². The molecule has 1 aliphatic rings. The molecule has 2 rings (SSSR count). The Hall–Kier alpha value is -2.27. The van der Waals surface area contributed by atoms with Crippen molar-refractivity contribution >= 4 is 6.08 Å². The second-order valence-electron chi connectivity index (χ2n) is 4.47. The van der Waals surface area contributed by atoms with Gasteiger partial charge < -0.3 is 9.84 Å². The zero-order chi connectivity index (χ0) is 15.3. The Morgan fingerprint density at radius 1 is 1.14 bits per heavy atom. The van der Waals surface area contributed by atoms with Crippen LogP contribution in [0.25, 0.3) is 6.08 Å². The van der Waals surface area contributed by atoms with Crippen molar-refractivity contribution in [2.24, 2.45) is 0 Å². The molecule has 0 amide bonds. The van der Waals surface area contributed by atoms with Crippen molar-refractivity contribution in [3.05, 3.63) is 77.9 Å². The molecule has 1 aliphatic carbocycles. The summed E-state index contributed by atoms with van der Waals surface area (Å²) >= 11 is 0. The predicted octanol–water partition coefficient (Wildman–Crippen LogP) is 4.33. The third-order valence-corrected chi connectivity index (χ3v) is 2.85. The minimum atomic E-state index is -2.60. The minimum Gasteiger partial charge on any atom is -0.430 e.